The van der Waals surface area contributed by atoms with E-state index in [1.165, 1.54) is 0 Å². The smallest absolute Gasteiger partial charge is 0.270 e. The number of aryl methyl sites for hydroxylation is 1. The minimum Gasteiger partial charge on any atom is -0.376 e. The number of hydrogen-bond acceptors (Lipinski definition) is 5. The van der Waals surface area contributed by atoms with Crippen molar-refractivity contribution < 1.29 is 9.53 Å². The standard InChI is InChI=1S/C23H24N4O2/c1-16-7-5-10-18(13-16)25-21-14-20(23(28)24-15-19-11-6-12-29-19)26-22(27-21)17-8-3-2-4-9-17/h2-5,7-10,13-14,19H,6,11-12,15H2,1H3,(H,24,28)(H,25,26,27). The molecule has 0 bridgehead atoms. The zero-order valence-corrected chi connectivity index (χ0v) is 16.4. The summed E-state index contributed by atoms with van der Waals surface area (Å²) >= 11 is 0. The highest BCUT2D eigenvalue weighted by Crippen LogP contribution is 2.21. The van der Waals surface area contributed by atoms with Crippen molar-refractivity contribution in [2.24, 2.45) is 0 Å². The SMILES string of the molecule is Cc1cccc(Nc2cc(C(=O)NCC3CCCO3)nc(-c3ccccc3)n2)c1. The maximum Gasteiger partial charge on any atom is 0.270 e. The average molecular weight is 388 g/mol. The van der Waals surface area contributed by atoms with Crippen LogP contribution in [-0.4, -0.2) is 35.1 Å². The molecule has 0 spiro atoms. The largest absolute Gasteiger partial charge is 0.376 e. The van der Waals surface area contributed by atoms with Crippen LogP contribution in [0.4, 0.5) is 11.5 Å². The molecule has 148 valence electrons. The Morgan fingerprint density at radius 3 is 2.72 bits per heavy atom. The van der Waals surface area contributed by atoms with Gasteiger partial charge in [0.1, 0.15) is 11.5 Å². The fourth-order valence-corrected chi connectivity index (χ4v) is 3.32. The highest BCUT2D eigenvalue weighted by molar-refractivity contribution is 5.93. The van der Waals surface area contributed by atoms with Crippen molar-refractivity contribution in [2.75, 3.05) is 18.5 Å². The molecular weight excluding hydrogens is 364 g/mol. The predicted molar refractivity (Wildman–Crippen MR) is 113 cm³/mol. The molecule has 3 aromatic rings. The monoisotopic (exact) mass is 388 g/mol. The van der Waals surface area contributed by atoms with Gasteiger partial charge in [-0.25, -0.2) is 9.97 Å². The van der Waals surface area contributed by atoms with Crippen LogP contribution in [0, 0.1) is 6.92 Å². The van der Waals surface area contributed by atoms with Crippen LogP contribution in [-0.2, 0) is 4.74 Å². The molecule has 0 radical (unpaired) electrons. The Labute approximate surface area is 170 Å². The molecule has 1 aliphatic rings. The van der Waals surface area contributed by atoms with Gasteiger partial charge in [0.2, 0.25) is 0 Å². The van der Waals surface area contributed by atoms with E-state index in [2.05, 4.69) is 20.6 Å². The third-order valence-corrected chi connectivity index (χ3v) is 4.80. The normalized spacial score (nSPS) is 15.8. The molecule has 4 rings (SSSR count). The van der Waals surface area contributed by atoms with Gasteiger partial charge in [-0.2, -0.15) is 0 Å². The molecule has 0 aliphatic carbocycles. The predicted octanol–water partition coefficient (Wildman–Crippen LogP) is 4.10. The van der Waals surface area contributed by atoms with Gasteiger partial charge in [-0.15, -0.1) is 0 Å². The number of hydrogen-bond donors (Lipinski definition) is 2. The van der Waals surface area contributed by atoms with Gasteiger partial charge >= 0.3 is 0 Å². The molecule has 2 heterocycles. The Kier molecular flexibility index (Phi) is 5.81. The lowest BCUT2D eigenvalue weighted by molar-refractivity contribution is 0.0853. The Balaban J connectivity index is 1.61. The van der Waals surface area contributed by atoms with Gasteiger partial charge in [-0.1, -0.05) is 42.5 Å². The van der Waals surface area contributed by atoms with Gasteiger partial charge in [0, 0.05) is 30.5 Å². The summed E-state index contributed by atoms with van der Waals surface area (Å²) in [5.41, 5.74) is 3.23. The number of anilines is 2. The summed E-state index contributed by atoms with van der Waals surface area (Å²) in [6.07, 6.45) is 2.09. The van der Waals surface area contributed by atoms with Gasteiger partial charge in [0.15, 0.2) is 5.82 Å². The summed E-state index contributed by atoms with van der Waals surface area (Å²) in [6.45, 7) is 3.28. The highest BCUT2D eigenvalue weighted by atomic mass is 16.5. The van der Waals surface area contributed by atoms with Gasteiger partial charge in [-0.3, -0.25) is 4.79 Å². The summed E-state index contributed by atoms with van der Waals surface area (Å²) in [5.74, 6) is 0.851. The van der Waals surface area contributed by atoms with Crippen molar-refractivity contribution in [2.45, 2.75) is 25.9 Å². The van der Waals surface area contributed by atoms with Crippen LogP contribution in [0.2, 0.25) is 0 Å². The van der Waals surface area contributed by atoms with E-state index in [0.29, 0.717) is 23.9 Å². The van der Waals surface area contributed by atoms with Crippen LogP contribution in [0.3, 0.4) is 0 Å². The number of amides is 1. The van der Waals surface area contributed by atoms with E-state index in [-0.39, 0.29) is 12.0 Å². The van der Waals surface area contributed by atoms with E-state index < -0.39 is 0 Å². The molecule has 1 amide bonds. The number of rotatable bonds is 6. The first-order chi connectivity index (χ1) is 14.2. The molecule has 1 atom stereocenters. The van der Waals surface area contributed by atoms with Gasteiger partial charge in [0.25, 0.3) is 5.91 Å². The highest BCUT2D eigenvalue weighted by Gasteiger charge is 2.18. The lowest BCUT2D eigenvalue weighted by Crippen LogP contribution is -2.32. The summed E-state index contributed by atoms with van der Waals surface area (Å²) in [7, 11) is 0. The van der Waals surface area contributed by atoms with Crippen LogP contribution < -0.4 is 10.6 Å². The van der Waals surface area contributed by atoms with Crippen molar-refractivity contribution in [1.29, 1.82) is 0 Å². The van der Waals surface area contributed by atoms with Gasteiger partial charge in [-0.05, 0) is 37.5 Å². The van der Waals surface area contributed by atoms with Crippen molar-refractivity contribution in [3.63, 3.8) is 0 Å². The molecule has 2 N–H and O–H groups in total. The topological polar surface area (TPSA) is 76.1 Å². The number of nitrogens with one attached hydrogen (secondary N) is 2. The molecule has 1 aliphatic heterocycles. The van der Waals surface area contributed by atoms with E-state index in [4.69, 9.17) is 4.74 Å². The minimum atomic E-state index is -0.229. The Morgan fingerprint density at radius 2 is 1.97 bits per heavy atom. The quantitative estimate of drug-likeness (QED) is 0.665. The van der Waals surface area contributed by atoms with Crippen LogP contribution in [0.5, 0.6) is 0 Å². The maximum atomic E-state index is 12.8. The molecule has 0 saturated carbocycles. The molecule has 1 fully saturated rings. The minimum absolute atomic E-state index is 0.0827. The van der Waals surface area contributed by atoms with Gasteiger partial charge in [0.05, 0.1) is 6.10 Å². The van der Waals surface area contributed by atoms with E-state index in [9.17, 15) is 4.79 Å². The fraction of sp³-hybridized carbons (Fsp3) is 0.261. The Hall–Kier alpha value is -3.25. The molecule has 1 aromatic heterocycles. The first-order valence-corrected chi connectivity index (χ1v) is 9.85. The van der Waals surface area contributed by atoms with E-state index in [1.807, 2.05) is 61.5 Å². The second-order valence-electron chi connectivity index (χ2n) is 7.17. The van der Waals surface area contributed by atoms with Crippen molar-refractivity contribution >= 4 is 17.4 Å². The summed E-state index contributed by atoms with van der Waals surface area (Å²) < 4.78 is 5.59. The second kappa shape index (κ2) is 8.84. The summed E-state index contributed by atoms with van der Waals surface area (Å²) in [5, 5.41) is 6.23. The van der Waals surface area contributed by atoms with Gasteiger partial charge < -0.3 is 15.4 Å². The van der Waals surface area contributed by atoms with Crippen LogP contribution in [0.1, 0.15) is 28.9 Å². The lowest BCUT2D eigenvalue weighted by Gasteiger charge is -2.13. The molecular formula is C23H24N4O2. The fourth-order valence-electron chi connectivity index (χ4n) is 3.32. The third-order valence-electron chi connectivity index (χ3n) is 4.80. The van der Waals surface area contributed by atoms with Crippen molar-refractivity contribution in [3.05, 3.63) is 71.9 Å². The number of benzene rings is 2. The molecule has 6 heteroatoms. The van der Waals surface area contributed by atoms with Crippen LogP contribution >= 0.6 is 0 Å². The maximum absolute atomic E-state index is 12.8. The van der Waals surface area contributed by atoms with Crippen LogP contribution in [0.25, 0.3) is 11.4 Å². The van der Waals surface area contributed by atoms with Crippen molar-refractivity contribution in [3.8, 4) is 11.4 Å². The first-order valence-electron chi connectivity index (χ1n) is 9.85. The van der Waals surface area contributed by atoms with E-state index >= 15 is 0 Å². The number of carbonyl (C=O) groups is 1. The zero-order chi connectivity index (χ0) is 20.1. The Bertz CT molecular complexity index is 985. The van der Waals surface area contributed by atoms with E-state index in [0.717, 1.165) is 36.3 Å². The second-order valence-corrected chi connectivity index (χ2v) is 7.17. The lowest BCUT2D eigenvalue weighted by atomic mass is 10.2. The number of nitrogens with zero attached hydrogens (tertiary/aromatic N) is 2. The number of ether oxygens (including phenoxy) is 1. The zero-order valence-electron chi connectivity index (χ0n) is 16.4. The molecule has 6 nitrogen and oxygen atoms in total. The molecule has 2 aromatic carbocycles. The summed E-state index contributed by atoms with van der Waals surface area (Å²) in [6, 6.07) is 19.3. The summed E-state index contributed by atoms with van der Waals surface area (Å²) in [4.78, 5) is 21.9. The molecule has 29 heavy (non-hydrogen) atoms. The number of aromatic nitrogens is 2. The molecule has 1 saturated heterocycles. The Morgan fingerprint density at radius 1 is 1.10 bits per heavy atom. The van der Waals surface area contributed by atoms with Crippen molar-refractivity contribution in [1.82, 2.24) is 15.3 Å². The number of carbonyl (C=O) groups excluding carboxylic acids is 1. The van der Waals surface area contributed by atoms with E-state index in [1.54, 1.807) is 6.07 Å². The van der Waals surface area contributed by atoms with Crippen LogP contribution in [0.15, 0.2) is 60.7 Å². The molecule has 1 unspecified atom stereocenters. The average Bonchev–Trinajstić information content (AvgIpc) is 3.26. The first kappa shape index (κ1) is 19.1. The third kappa shape index (κ3) is 4.97.